The molecular formula is C27H32N4O3S. The van der Waals surface area contributed by atoms with Crippen molar-refractivity contribution in [3.8, 4) is 5.69 Å². The summed E-state index contributed by atoms with van der Waals surface area (Å²) >= 11 is 1.25. The van der Waals surface area contributed by atoms with Crippen LogP contribution in [0.3, 0.4) is 0 Å². The van der Waals surface area contributed by atoms with Crippen molar-refractivity contribution in [1.82, 2.24) is 14.3 Å². The zero-order valence-electron chi connectivity index (χ0n) is 20.4. The maximum absolute atomic E-state index is 13.0. The molecule has 1 N–H and O–H groups in total. The second-order valence-corrected chi connectivity index (χ2v) is 9.57. The Hall–Kier alpha value is -3.52. The van der Waals surface area contributed by atoms with Crippen molar-refractivity contribution in [3.63, 3.8) is 0 Å². The predicted octanol–water partition coefficient (Wildman–Crippen LogP) is 3.80. The summed E-state index contributed by atoms with van der Waals surface area (Å²) in [5.74, 6) is -0.194. The third-order valence-corrected chi connectivity index (χ3v) is 6.97. The molecular weight excluding hydrogens is 460 g/mol. The van der Waals surface area contributed by atoms with Gasteiger partial charge in [0.25, 0.3) is 5.56 Å². The van der Waals surface area contributed by atoms with Crippen molar-refractivity contribution in [2.75, 3.05) is 24.2 Å². The predicted molar refractivity (Wildman–Crippen MR) is 143 cm³/mol. The van der Waals surface area contributed by atoms with Crippen LogP contribution in [-0.4, -0.2) is 50.2 Å². The fourth-order valence-corrected chi connectivity index (χ4v) is 4.47. The van der Waals surface area contributed by atoms with E-state index in [2.05, 4.69) is 11.9 Å². The van der Waals surface area contributed by atoms with Crippen molar-refractivity contribution in [3.05, 3.63) is 94.9 Å². The molecule has 1 heterocycles. The van der Waals surface area contributed by atoms with Gasteiger partial charge in [-0.15, -0.1) is 18.3 Å². The first-order chi connectivity index (χ1) is 16.8. The third-order valence-electron chi connectivity index (χ3n) is 5.84. The molecule has 0 bridgehead atoms. The van der Waals surface area contributed by atoms with Crippen LogP contribution in [0.4, 0.5) is 5.69 Å². The number of nitrogens with zero attached hydrogens (tertiary/aromatic N) is 3. The van der Waals surface area contributed by atoms with Crippen LogP contribution in [0.2, 0.25) is 0 Å². The Balaban J connectivity index is 1.60. The van der Waals surface area contributed by atoms with E-state index in [1.165, 1.54) is 16.4 Å². The Labute approximate surface area is 210 Å². The molecule has 184 valence electrons. The highest BCUT2D eigenvalue weighted by Crippen LogP contribution is 2.18. The number of para-hydroxylation sites is 1. The van der Waals surface area contributed by atoms with Crippen molar-refractivity contribution < 1.29 is 9.59 Å². The van der Waals surface area contributed by atoms with Crippen molar-refractivity contribution in [2.24, 2.45) is 7.05 Å². The fraction of sp³-hybridized carbons (Fsp3) is 0.296. The molecule has 7 nitrogen and oxygen atoms in total. The Morgan fingerprint density at radius 2 is 1.74 bits per heavy atom. The number of aromatic nitrogens is 2. The molecule has 0 radical (unpaired) electrons. The zero-order valence-corrected chi connectivity index (χ0v) is 21.3. The van der Waals surface area contributed by atoms with Crippen LogP contribution in [0.5, 0.6) is 0 Å². The van der Waals surface area contributed by atoms with Gasteiger partial charge < -0.3 is 10.2 Å². The van der Waals surface area contributed by atoms with Crippen LogP contribution in [0.15, 0.2) is 78.1 Å². The molecule has 3 rings (SSSR count). The second kappa shape index (κ2) is 12.3. The molecule has 0 spiro atoms. The van der Waals surface area contributed by atoms with Gasteiger partial charge in [0.1, 0.15) is 5.69 Å². The van der Waals surface area contributed by atoms with Gasteiger partial charge in [0, 0.05) is 20.1 Å². The van der Waals surface area contributed by atoms with Gasteiger partial charge in [0.05, 0.1) is 22.4 Å². The van der Waals surface area contributed by atoms with E-state index in [1.54, 1.807) is 36.6 Å². The molecule has 0 aliphatic carbocycles. The summed E-state index contributed by atoms with van der Waals surface area (Å²) in [7, 11) is 1.78. The number of carbonyl (C=O) groups is 2. The second-order valence-electron chi connectivity index (χ2n) is 8.24. The lowest BCUT2D eigenvalue weighted by Gasteiger charge is -2.22. The standard InChI is InChI=1S/C27H32N4O3S/c1-5-17-30(18-16-22-12-8-6-9-13-22)24(32)19-35-21(3)26(33)28-25-20(2)29(4)31(27(25)34)23-14-10-7-11-15-23/h5-15,21H,1,16-19H2,2-4H3,(H,28,33). The largest absolute Gasteiger partial charge is 0.338 e. The molecule has 1 unspecified atom stereocenters. The molecule has 0 saturated carbocycles. The maximum atomic E-state index is 13.0. The topological polar surface area (TPSA) is 76.3 Å². The van der Waals surface area contributed by atoms with Gasteiger partial charge in [-0.05, 0) is 38.0 Å². The van der Waals surface area contributed by atoms with Crippen molar-refractivity contribution in [2.45, 2.75) is 25.5 Å². The summed E-state index contributed by atoms with van der Waals surface area (Å²) in [6.45, 7) is 8.32. The number of rotatable bonds is 11. The van der Waals surface area contributed by atoms with Gasteiger partial charge in [0.2, 0.25) is 11.8 Å². The first-order valence-electron chi connectivity index (χ1n) is 11.5. The summed E-state index contributed by atoms with van der Waals surface area (Å²) in [5.41, 5.74) is 2.48. The number of anilines is 1. The number of hydrogen-bond donors (Lipinski definition) is 1. The number of carbonyl (C=O) groups excluding carboxylic acids is 2. The van der Waals surface area contributed by atoms with E-state index in [1.807, 2.05) is 60.7 Å². The molecule has 0 aliphatic rings. The lowest BCUT2D eigenvalue weighted by molar-refractivity contribution is -0.127. The van der Waals surface area contributed by atoms with Crippen LogP contribution >= 0.6 is 11.8 Å². The van der Waals surface area contributed by atoms with Gasteiger partial charge in [-0.2, -0.15) is 0 Å². The third kappa shape index (κ3) is 6.54. The quantitative estimate of drug-likeness (QED) is 0.413. The highest BCUT2D eigenvalue weighted by atomic mass is 32.2. The molecule has 35 heavy (non-hydrogen) atoms. The normalized spacial score (nSPS) is 11.6. The highest BCUT2D eigenvalue weighted by molar-refractivity contribution is 8.01. The summed E-state index contributed by atoms with van der Waals surface area (Å²) in [4.78, 5) is 40.5. The molecule has 0 aliphatic heterocycles. The zero-order chi connectivity index (χ0) is 25.4. The SMILES string of the molecule is C=CCN(CCc1ccccc1)C(=O)CSC(C)C(=O)Nc1c(C)n(C)n(-c2ccccc2)c1=O. The maximum Gasteiger partial charge on any atom is 0.295 e. The highest BCUT2D eigenvalue weighted by Gasteiger charge is 2.22. The molecule has 0 fully saturated rings. The van der Waals surface area contributed by atoms with E-state index >= 15 is 0 Å². The Bertz CT molecular complexity index is 1220. The molecule has 1 aromatic heterocycles. The average Bonchev–Trinajstić information content (AvgIpc) is 3.08. The number of benzene rings is 2. The number of nitrogens with one attached hydrogen (secondary N) is 1. The van der Waals surface area contributed by atoms with Gasteiger partial charge in [-0.25, -0.2) is 4.68 Å². The average molecular weight is 493 g/mol. The molecule has 0 saturated heterocycles. The van der Waals surface area contributed by atoms with E-state index in [0.717, 1.165) is 17.7 Å². The van der Waals surface area contributed by atoms with Crippen LogP contribution in [0.1, 0.15) is 18.2 Å². The van der Waals surface area contributed by atoms with E-state index < -0.39 is 5.25 Å². The van der Waals surface area contributed by atoms with Gasteiger partial charge in [-0.1, -0.05) is 54.6 Å². The lowest BCUT2D eigenvalue weighted by atomic mass is 10.1. The number of amides is 2. The van der Waals surface area contributed by atoms with E-state index in [-0.39, 0.29) is 28.8 Å². The molecule has 1 atom stereocenters. The summed E-state index contributed by atoms with van der Waals surface area (Å²) < 4.78 is 3.24. The Morgan fingerprint density at radius 3 is 2.37 bits per heavy atom. The summed E-state index contributed by atoms with van der Waals surface area (Å²) in [6, 6.07) is 19.3. The fourth-order valence-electron chi connectivity index (χ4n) is 3.68. The lowest BCUT2D eigenvalue weighted by Crippen LogP contribution is -2.35. The van der Waals surface area contributed by atoms with Crippen LogP contribution < -0.4 is 10.9 Å². The molecule has 8 heteroatoms. The van der Waals surface area contributed by atoms with Crippen LogP contribution in [0.25, 0.3) is 5.69 Å². The van der Waals surface area contributed by atoms with Crippen LogP contribution in [0, 0.1) is 6.92 Å². The van der Waals surface area contributed by atoms with Gasteiger partial charge in [0.15, 0.2) is 0 Å². The minimum Gasteiger partial charge on any atom is -0.338 e. The summed E-state index contributed by atoms with van der Waals surface area (Å²) in [5, 5.41) is 2.27. The van der Waals surface area contributed by atoms with E-state index in [0.29, 0.717) is 18.8 Å². The van der Waals surface area contributed by atoms with Crippen molar-refractivity contribution >= 4 is 29.3 Å². The monoisotopic (exact) mass is 492 g/mol. The molecule has 2 aromatic carbocycles. The van der Waals surface area contributed by atoms with Crippen molar-refractivity contribution in [1.29, 1.82) is 0 Å². The van der Waals surface area contributed by atoms with E-state index in [4.69, 9.17) is 0 Å². The first-order valence-corrected chi connectivity index (χ1v) is 12.6. The minimum atomic E-state index is -0.511. The van der Waals surface area contributed by atoms with E-state index in [9.17, 15) is 14.4 Å². The molecule has 2 amide bonds. The first kappa shape index (κ1) is 26.1. The smallest absolute Gasteiger partial charge is 0.295 e. The minimum absolute atomic E-state index is 0.0483. The number of hydrogen-bond acceptors (Lipinski definition) is 4. The Morgan fingerprint density at radius 1 is 1.11 bits per heavy atom. The van der Waals surface area contributed by atoms with Gasteiger partial charge in [-0.3, -0.25) is 19.1 Å². The van der Waals surface area contributed by atoms with Crippen LogP contribution in [-0.2, 0) is 23.1 Å². The Kier molecular flexibility index (Phi) is 9.14. The van der Waals surface area contributed by atoms with Gasteiger partial charge >= 0.3 is 0 Å². The summed E-state index contributed by atoms with van der Waals surface area (Å²) in [6.07, 6.45) is 2.46. The molecule has 3 aromatic rings. The number of thioether (sulfide) groups is 1.